The van der Waals surface area contributed by atoms with Crippen molar-refractivity contribution in [3.63, 3.8) is 0 Å². The minimum Gasteiger partial charge on any atom is -0.486 e. The van der Waals surface area contributed by atoms with Crippen molar-refractivity contribution in [2.75, 3.05) is 12.4 Å². The second kappa shape index (κ2) is 5.65. The Hall–Kier alpha value is -0.860. The van der Waals surface area contributed by atoms with E-state index in [1.165, 1.54) is 12.1 Å². The molecular weight excluding hydrogens is 338 g/mol. The smallest absolute Gasteiger partial charge is 0.312 e. The minimum atomic E-state index is -3.67. The molecule has 0 bridgehead atoms. The maximum Gasteiger partial charge on any atom is 0.312 e. The first-order valence-corrected chi connectivity index (χ1v) is 7.56. The quantitative estimate of drug-likeness (QED) is 0.465. The van der Waals surface area contributed by atoms with Gasteiger partial charge in [-0.15, -0.1) is 0 Å². The largest absolute Gasteiger partial charge is 0.486 e. The van der Waals surface area contributed by atoms with E-state index in [0.29, 0.717) is 4.47 Å². The van der Waals surface area contributed by atoms with Crippen LogP contribution in [0.1, 0.15) is 0 Å². The number of rotatable bonds is 5. The first kappa shape index (κ1) is 14.2. The summed E-state index contributed by atoms with van der Waals surface area (Å²) in [5.74, 6) is -0.416. The van der Waals surface area contributed by atoms with Crippen LogP contribution in [0.2, 0.25) is 0 Å². The second-order valence-electron chi connectivity index (χ2n) is 2.96. The highest BCUT2D eigenvalue weighted by atomic mass is 79.9. The van der Waals surface area contributed by atoms with Gasteiger partial charge in [0.15, 0.2) is 5.75 Å². The Bertz CT molecular complexity index is 533. The fourth-order valence-electron chi connectivity index (χ4n) is 1.01. The zero-order valence-corrected chi connectivity index (χ0v) is 11.5. The molecular formula is C8H7BrClNO5S. The van der Waals surface area contributed by atoms with Gasteiger partial charge in [-0.2, -0.15) is 0 Å². The van der Waals surface area contributed by atoms with Gasteiger partial charge in [-0.25, -0.2) is 8.42 Å². The summed E-state index contributed by atoms with van der Waals surface area (Å²) in [4.78, 5) is 10.1. The van der Waals surface area contributed by atoms with E-state index in [2.05, 4.69) is 15.9 Å². The summed E-state index contributed by atoms with van der Waals surface area (Å²) >= 11 is 3.09. The van der Waals surface area contributed by atoms with E-state index in [1.807, 2.05) is 0 Å². The summed E-state index contributed by atoms with van der Waals surface area (Å²) in [7, 11) is 1.31. The standard InChI is InChI=1S/C8H7BrClNO5S/c9-6-1-2-8(7(5-6)11(12)13)16-3-4-17(10,14)15/h1-2,5H,3-4H2. The lowest BCUT2D eigenvalue weighted by Crippen LogP contribution is -2.09. The number of hydrogen-bond acceptors (Lipinski definition) is 5. The number of nitro groups is 1. The summed E-state index contributed by atoms with van der Waals surface area (Å²) in [5, 5.41) is 10.7. The van der Waals surface area contributed by atoms with Gasteiger partial charge in [-0.1, -0.05) is 15.9 Å². The molecule has 0 aromatic heterocycles. The molecule has 0 radical (unpaired) electrons. The number of nitro benzene ring substituents is 1. The van der Waals surface area contributed by atoms with Crippen LogP contribution in [0.4, 0.5) is 5.69 Å². The highest BCUT2D eigenvalue weighted by Crippen LogP contribution is 2.29. The third-order valence-corrected chi connectivity index (χ3v) is 3.31. The lowest BCUT2D eigenvalue weighted by atomic mass is 10.3. The number of hydrogen-bond donors (Lipinski definition) is 0. The van der Waals surface area contributed by atoms with Gasteiger partial charge in [0.1, 0.15) is 6.61 Å². The average Bonchev–Trinajstić information content (AvgIpc) is 2.18. The molecule has 9 heteroatoms. The molecule has 0 fully saturated rings. The van der Waals surface area contributed by atoms with Crippen molar-refractivity contribution in [1.82, 2.24) is 0 Å². The summed E-state index contributed by atoms with van der Waals surface area (Å²) in [6.07, 6.45) is 0. The van der Waals surface area contributed by atoms with E-state index in [9.17, 15) is 18.5 Å². The SMILES string of the molecule is O=[N+]([O-])c1cc(Br)ccc1OCCS(=O)(=O)Cl. The molecule has 0 saturated carbocycles. The molecule has 0 aliphatic heterocycles. The first-order valence-electron chi connectivity index (χ1n) is 4.28. The van der Waals surface area contributed by atoms with Crippen LogP contribution in [0.25, 0.3) is 0 Å². The molecule has 1 aromatic rings. The summed E-state index contributed by atoms with van der Waals surface area (Å²) in [5.41, 5.74) is -0.244. The van der Waals surface area contributed by atoms with Crippen molar-refractivity contribution >= 4 is 41.4 Å². The van der Waals surface area contributed by atoms with Crippen LogP contribution in [-0.4, -0.2) is 25.7 Å². The lowest BCUT2D eigenvalue weighted by molar-refractivity contribution is -0.385. The molecule has 0 aliphatic carbocycles. The molecule has 1 aromatic carbocycles. The number of ether oxygens (including phenoxy) is 1. The van der Waals surface area contributed by atoms with E-state index in [1.54, 1.807) is 6.07 Å². The molecule has 1 rings (SSSR count). The van der Waals surface area contributed by atoms with Crippen LogP contribution in [0.3, 0.4) is 0 Å². The summed E-state index contributed by atoms with van der Waals surface area (Å²) in [6.45, 7) is -0.242. The number of nitrogens with zero attached hydrogens (tertiary/aromatic N) is 1. The van der Waals surface area contributed by atoms with E-state index in [4.69, 9.17) is 15.4 Å². The van der Waals surface area contributed by atoms with Crippen molar-refractivity contribution in [3.8, 4) is 5.75 Å². The highest BCUT2D eigenvalue weighted by Gasteiger charge is 2.16. The Morgan fingerprint density at radius 1 is 1.47 bits per heavy atom. The lowest BCUT2D eigenvalue weighted by Gasteiger charge is -2.05. The molecule has 0 spiro atoms. The van der Waals surface area contributed by atoms with E-state index in [0.717, 1.165) is 0 Å². The summed E-state index contributed by atoms with van der Waals surface area (Å²) in [6, 6.07) is 4.20. The van der Waals surface area contributed by atoms with E-state index >= 15 is 0 Å². The van der Waals surface area contributed by atoms with Gasteiger partial charge in [-0.3, -0.25) is 10.1 Å². The fourth-order valence-corrected chi connectivity index (χ4v) is 1.83. The topological polar surface area (TPSA) is 86.5 Å². The predicted molar refractivity (Wildman–Crippen MR) is 65.9 cm³/mol. The van der Waals surface area contributed by atoms with Gasteiger partial charge in [0, 0.05) is 21.2 Å². The number of halogens is 2. The molecule has 0 N–H and O–H groups in total. The normalized spacial score (nSPS) is 11.2. The molecule has 0 aliphatic rings. The maximum absolute atomic E-state index is 10.7. The van der Waals surface area contributed by atoms with Crippen LogP contribution in [0.15, 0.2) is 22.7 Å². The van der Waals surface area contributed by atoms with Gasteiger partial charge in [0.25, 0.3) is 0 Å². The molecule has 6 nitrogen and oxygen atoms in total. The first-order chi connectivity index (χ1) is 7.79. The maximum atomic E-state index is 10.7. The third-order valence-electron chi connectivity index (χ3n) is 1.70. The van der Waals surface area contributed by atoms with E-state index in [-0.39, 0.29) is 18.0 Å². The minimum absolute atomic E-state index is 0.00137. The van der Waals surface area contributed by atoms with Gasteiger partial charge >= 0.3 is 5.69 Å². The van der Waals surface area contributed by atoms with Crippen LogP contribution >= 0.6 is 26.6 Å². The average molecular weight is 345 g/mol. The van der Waals surface area contributed by atoms with Crippen molar-refractivity contribution in [1.29, 1.82) is 0 Å². The second-order valence-corrected chi connectivity index (χ2v) is 6.77. The molecule has 0 heterocycles. The van der Waals surface area contributed by atoms with Crippen LogP contribution < -0.4 is 4.74 Å². The van der Waals surface area contributed by atoms with Crippen LogP contribution in [-0.2, 0) is 9.05 Å². The van der Waals surface area contributed by atoms with Gasteiger partial charge in [-0.05, 0) is 12.1 Å². The summed E-state index contributed by atoms with van der Waals surface area (Å²) < 4.78 is 26.8. The number of benzene rings is 1. The van der Waals surface area contributed by atoms with Crippen LogP contribution in [0.5, 0.6) is 5.75 Å². The van der Waals surface area contributed by atoms with Crippen molar-refractivity contribution in [2.45, 2.75) is 0 Å². The zero-order chi connectivity index (χ0) is 13.1. The monoisotopic (exact) mass is 343 g/mol. The Morgan fingerprint density at radius 3 is 2.65 bits per heavy atom. The van der Waals surface area contributed by atoms with Crippen molar-refractivity contribution in [2.24, 2.45) is 0 Å². The molecule has 17 heavy (non-hydrogen) atoms. The molecule has 0 saturated heterocycles. The molecule has 0 amide bonds. The fraction of sp³-hybridized carbons (Fsp3) is 0.250. The zero-order valence-electron chi connectivity index (χ0n) is 8.30. The molecule has 94 valence electrons. The highest BCUT2D eigenvalue weighted by molar-refractivity contribution is 9.10. The molecule has 0 unspecified atom stereocenters. The van der Waals surface area contributed by atoms with Gasteiger partial charge < -0.3 is 4.74 Å². The third kappa shape index (κ3) is 4.88. The van der Waals surface area contributed by atoms with Crippen molar-refractivity contribution in [3.05, 3.63) is 32.8 Å². The predicted octanol–water partition coefficient (Wildman–Crippen LogP) is 2.30. The van der Waals surface area contributed by atoms with Crippen LogP contribution in [0, 0.1) is 10.1 Å². The van der Waals surface area contributed by atoms with Crippen molar-refractivity contribution < 1.29 is 18.1 Å². The Labute approximate surface area is 110 Å². The van der Waals surface area contributed by atoms with E-state index < -0.39 is 19.7 Å². The Balaban J connectivity index is 2.81. The van der Waals surface area contributed by atoms with Gasteiger partial charge in [0.05, 0.1) is 10.7 Å². The Kier molecular flexibility index (Phi) is 4.72. The molecule has 0 atom stereocenters. The van der Waals surface area contributed by atoms with Gasteiger partial charge in [0.2, 0.25) is 9.05 Å². The Morgan fingerprint density at radius 2 is 2.12 bits per heavy atom.